The number of ether oxygens (including phenoxy) is 1. The van der Waals surface area contributed by atoms with Crippen LogP contribution in [0.15, 0.2) is 36.4 Å². The standard InChI is InChI=1S/C17H11ClN4O6S/c1-28-13-7-10(21(24)25)8-14-16(13)20-17(29-14)19-15(23)5-3-9-2-4-11(18)12(6-9)22(26)27/h2-8H,1H3,(H,19,20,23)/b5-3+. The molecule has 2 aromatic carbocycles. The smallest absolute Gasteiger partial charge is 0.288 e. The number of aromatic nitrogens is 1. The lowest BCUT2D eigenvalue weighted by Crippen LogP contribution is -2.07. The molecule has 1 N–H and O–H groups in total. The monoisotopic (exact) mass is 434 g/mol. The lowest BCUT2D eigenvalue weighted by atomic mass is 10.2. The van der Waals surface area contributed by atoms with E-state index in [2.05, 4.69) is 10.3 Å². The Morgan fingerprint density at radius 1 is 1.24 bits per heavy atom. The fourth-order valence-corrected chi connectivity index (χ4v) is 3.50. The van der Waals surface area contributed by atoms with Gasteiger partial charge in [0, 0.05) is 18.2 Å². The van der Waals surface area contributed by atoms with Crippen LogP contribution in [0, 0.1) is 20.2 Å². The minimum atomic E-state index is -0.618. The third-order valence-corrected chi connectivity index (χ3v) is 4.94. The van der Waals surface area contributed by atoms with Gasteiger partial charge in [0.15, 0.2) is 10.9 Å². The second-order valence-electron chi connectivity index (χ2n) is 5.56. The van der Waals surface area contributed by atoms with E-state index in [1.807, 2.05) is 0 Å². The predicted molar refractivity (Wildman–Crippen MR) is 109 cm³/mol. The Labute approximate surface area is 171 Å². The summed E-state index contributed by atoms with van der Waals surface area (Å²) in [5.74, 6) is -0.315. The van der Waals surface area contributed by atoms with Crippen molar-refractivity contribution in [1.82, 2.24) is 4.98 Å². The second kappa shape index (κ2) is 8.20. The van der Waals surface area contributed by atoms with Crippen molar-refractivity contribution in [3.8, 4) is 5.75 Å². The molecule has 0 spiro atoms. The van der Waals surface area contributed by atoms with E-state index in [9.17, 15) is 25.0 Å². The molecule has 12 heteroatoms. The summed E-state index contributed by atoms with van der Waals surface area (Å²) in [5, 5.41) is 24.7. The van der Waals surface area contributed by atoms with Crippen LogP contribution in [0.2, 0.25) is 5.02 Å². The second-order valence-corrected chi connectivity index (χ2v) is 7.00. The highest BCUT2D eigenvalue weighted by Gasteiger charge is 2.17. The van der Waals surface area contributed by atoms with Gasteiger partial charge >= 0.3 is 0 Å². The molecular weight excluding hydrogens is 424 g/mol. The number of nitrogens with zero attached hydrogens (tertiary/aromatic N) is 3. The average molecular weight is 435 g/mol. The van der Waals surface area contributed by atoms with E-state index >= 15 is 0 Å². The van der Waals surface area contributed by atoms with Crippen molar-refractivity contribution in [2.24, 2.45) is 0 Å². The highest BCUT2D eigenvalue weighted by molar-refractivity contribution is 7.22. The summed E-state index contributed by atoms with van der Waals surface area (Å²) in [4.78, 5) is 37.1. The highest BCUT2D eigenvalue weighted by Crippen LogP contribution is 2.36. The van der Waals surface area contributed by atoms with Gasteiger partial charge in [-0.3, -0.25) is 30.3 Å². The third-order valence-electron chi connectivity index (χ3n) is 3.70. The molecular formula is C17H11ClN4O6S. The number of thiazole rings is 1. The minimum Gasteiger partial charge on any atom is -0.494 e. The molecule has 1 aromatic heterocycles. The molecule has 0 saturated heterocycles. The number of rotatable bonds is 6. The Hall–Kier alpha value is -3.57. The van der Waals surface area contributed by atoms with Crippen LogP contribution in [0.1, 0.15) is 5.56 Å². The first kappa shape index (κ1) is 20.2. The number of methoxy groups -OCH3 is 1. The molecule has 0 atom stereocenters. The number of non-ortho nitro benzene ring substituents is 1. The largest absolute Gasteiger partial charge is 0.494 e. The van der Waals surface area contributed by atoms with Gasteiger partial charge in [-0.1, -0.05) is 29.0 Å². The summed E-state index contributed by atoms with van der Waals surface area (Å²) >= 11 is 6.80. The Kier molecular flexibility index (Phi) is 5.71. The molecule has 0 aliphatic rings. The maximum atomic E-state index is 12.1. The lowest BCUT2D eigenvalue weighted by Gasteiger charge is -2.00. The predicted octanol–water partition coefficient (Wildman–Crippen LogP) is 4.43. The third kappa shape index (κ3) is 4.47. The van der Waals surface area contributed by atoms with Crippen molar-refractivity contribution in [3.63, 3.8) is 0 Å². The molecule has 0 radical (unpaired) electrons. The summed E-state index contributed by atoms with van der Waals surface area (Å²) in [6.45, 7) is 0. The molecule has 3 aromatic rings. The van der Waals surface area contributed by atoms with Crippen molar-refractivity contribution < 1.29 is 19.4 Å². The van der Waals surface area contributed by atoms with Gasteiger partial charge in [0.25, 0.3) is 11.4 Å². The Balaban J connectivity index is 1.81. The first-order valence-electron chi connectivity index (χ1n) is 7.84. The molecule has 10 nitrogen and oxygen atoms in total. The lowest BCUT2D eigenvalue weighted by molar-refractivity contribution is -0.384. The van der Waals surface area contributed by atoms with Crippen LogP contribution in [0.5, 0.6) is 5.75 Å². The fraction of sp³-hybridized carbons (Fsp3) is 0.0588. The summed E-state index contributed by atoms with van der Waals surface area (Å²) in [6.07, 6.45) is 2.57. The molecule has 0 unspecified atom stereocenters. The van der Waals surface area contributed by atoms with Crippen molar-refractivity contribution in [3.05, 3.63) is 67.2 Å². The summed E-state index contributed by atoms with van der Waals surface area (Å²) in [5.41, 5.74) is 0.378. The van der Waals surface area contributed by atoms with E-state index in [0.717, 1.165) is 11.3 Å². The van der Waals surface area contributed by atoms with Crippen LogP contribution >= 0.6 is 22.9 Å². The molecule has 0 saturated carbocycles. The average Bonchev–Trinajstić information content (AvgIpc) is 3.08. The number of nitro benzene ring substituents is 2. The first-order chi connectivity index (χ1) is 13.8. The van der Waals surface area contributed by atoms with Crippen molar-refractivity contribution >= 4 is 61.6 Å². The number of halogens is 1. The van der Waals surface area contributed by atoms with Gasteiger partial charge in [-0.15, -0.1) is 0 Å². The quantitative estimate of drug-likeness (QED) is 0.344. The first-order valence-corrected chi connectivity index (χ1v) is 9.04. The zero-order chi connectivity index (χ0) is 21.1. The molecule has 1 amide bonds. The summed E-state index contributed by atoms with van der Waals surface area (Å²) in [6, 6.07) is 6.73. The van der Waals surface area contributed by atoms with Gasteiger partial charge in [-0.2, -0.15) is 0 Å². The number of anilines is 1. The number of hydrogen-bond donors (Lipinski definition) is 1. The molecule has 0 bridgehead atoms. The maximum Gasteiger partial charge on any atom is 0.288 e. The van der Waals surface area contributed by atoms with E-state index in [-0.39, 0.29) is 27.3 Å². The summed E-state index contributed by atoms with van der Waals surface area (Å²) in [7, 11) is 1.37. The van der Waals surface area contributed by atoms with Crippen molar-refractivity contribution in [2.45, 2.75) is 0 Å². The Morgan fingerprint density at radius 3 is 2.66 bits per heavy atom. The normalized spacial score (nSPS) is 11.0. The van der Waals surface area contributed by atoms with E-state index in [4.69, 9.17) is 16.3 Å². The number of amides is 1. The van der Waals surface area contributed by atoms with Gasteiger partial charge < -0.3 is 4.74 Å². The van der Waals surface area contributed by atoms with Crippen LogP contribution in [-0.4, -0.2) is 27.8 Å². The molecule has 148 valence electrons. The molecule has 0 aliphatic heterocycles. The summed E-state index contributed by atoms with van der Waals surface area (Å²) < 4.78 is 5.60. The topological polar surface area (TPSA) is 138 Å². The molecule has 29 heavy (non-hydrogen) atoms. The minimum absolute atomic E-state index is 0.00545. The number of carbonyl (C=O) groups is 1. The Bertz CT molecular complexity index is 1180. The van der Waals surface area contributed by atoms with E-state index in [1.54, 1.807) is 0 Å². The molecule has 0 fully saturated rings. The number of hydrogen-bond acceptors (Lipinski definition) is 8. The van der Waals surface area contributed by atoms with Gasteiger partial charge in [-0.05, 0) is 17.7 Å². The van der Waals surface area contributed by atoms with E-state index in [1.165, 1.54) is 49.6 Å². The molecule has 1 heterocycles. The zero-order valence-corrected chi connectivity index (χ0v) is 16.2. The number of nitrogens with one attached hydrogen (secondary N) is 1. The zero-order valence-electron chi connectivity index (χ0n) is 14.6. The van der Waals surface area contributed by atoms with Crippen molar-refractivity contribution in [1.29, 1.82) is 0 Å². The van der Waals surface area contributed by atoms with Gasteiger partial charge in [0.1, 0.15) is 10.5 Å². The van der Waals surface area contributed by atoms with Crippen LogP contribution in [0.3, 0.4) is 0 Å². The van der Waals surface area contributed by atoms with Crippen LogP contribution < -0.4 is 10.1 Å². The molecule has 3 rings (SSSR count). The number of carbonyl (C=O) groups excluding carboxylic acids is 1. The van der Waals surface area contributed by atoms with Crippen LogP contribution in [0.25, 0.3) is 16.3 Å². The number of benzene rings is 2. The van der Waals surface area contributed by atoms with Crippen LogP contribution in [-0.2, 0) is 4.79 Å². The fourth-order valence-electron chi connectivity index (χ4n) is 2.39. The Morgan fingerprint density at radius 2 is 2.00 bits per heavy atom. The highest BCUT2D eigenvalue weighted by atomic mass is 35.5. The maximum absolute atomic E-state index is 12.1. The van der Waals surface area contributed by atoms with Crippen molar-refractivity contribution in [2.75, 3.05) is 12.4 Å². The van der Waals surface area contributed by atoms with Gasteiger partial charge in [0.2, 0.25) is 5.91 Å². The van der Waals surface area contributed by atoms with E-state index in [0.29, 0.717) is 15.8 Å². The van der Waals surface area contributed by atoms with Gasteiger partial charge in [0.05, 0.1) is 27.7 Å². The SMILES string of the molecule is COc1cc([N+](=O)[O-])cc2sc(NC(=O)/C=C/c3ccc(Cl)c([N+](=O)[O-])c3)nc12. The van der Waals surface area contributed by atoms with Crippen LogP contribution in [0.4, 0.5) is 16.5 Å². The number of fused-ring (bicyclic) bond motifs is 1. The van der Waals surface area contributed by atoms with Gasteiger partial charge in [-0.25, -0.2) is 4.98 Å². The number of nitro groups is 2. The van der Waals surface area contributed by atoms with E-state index < -0.39 is 15.8 Å². The molecule has 0 aliphatic carbocycles.